The van der Waals surface area contributed by atoms with Crippen LogP contribution in [-0.4, -0.2) is 23.7 Å². The number of aryl methyl sites for hydroxylation is 2. The van der Waals surface area contributed by atoms with Gasteiger partial charge in [-0.15, -0.1) is 0 Å². The molecular formula is C15H22N2O2. The van der Waals surface area contributed by atoms with Gasteiger partial charge >= 0.3 is 0 Å². The third kappa shape index (κ3) is 4.83. The van der Waals surface area contributed by atoms with E-state index in [2.05, 4.69) is 0 Å². The molecule has 2 N–H and O–H groups in total. The summed E-state index contributed by atoms with van der Waals surface area (Å²) in [4.78, 5) is 22.2. The molecule has 0 aliphatic rings. The Labute approximate surface area is 114 Å². The van der Waals surface area contributed by atoms with Gasteiger partial charge in [0.2, 0.25) is 0 Å². The van der Waals surface area contributed by atoms with Gasteiger partial charge in [-0.1, -0.05) is 12.5 Å². The van der Waals surface area contributed by atoms with E-state index in [9.17, 15) is 9.59 Å². The van der Waals surface area contributed by atoms with Gasteiger partial charge in [-0.25, -0.2) is 5.84 Å². The number of benzene rings is 1. The number of carbonyl (C=O) groups excluding carboxylic acids is 2. The van der Waals surface area contributed by atoms with Crippen molar-refractivity contribution in [2.45, 2.75) is 39.5 Å². The number of hydrogen-bond donors (Lipinski definition) is 1. The lowest BCUT2D eigenvalue weighted by Gasteiger charge is -2.17. The fourth-order valence-electron chi connectivity index (χ4n) is 1.83. The van der Waals surface area contributed by atoms with Crippen LogP contribution in [-0.2, 0) is 4.79 Å². The Morgan fingerprint density at radius 1 is 1.21 bits per heavy atom. The number of carbonyl (C=O) groups is 2. The van der Waals surface area contributed by atoms with Crippen molar-refractivity contribution in [1.29, 1.82) is 0 Å². The zero-order valence-corrected chi connectivity index (χ0v) is 11.7. The molecule has 0 aromatic heterocycles. The van der Waals surface area contributed by atoms with E-state index in [-0.39, 0.29) is 5.91 Å². The van der Waals surface area contributed by atoms with Gasteiger partial charge in [0, 0.05) is 18.5 Å². The van der Waals surface area contributed by atoms with Crippen molar-refractivity contribution in [1.82, 2.24) is 5.01 Å². The number of amides is 1. The Balaban J connectivity index is 2.47. The molecule has 0 heterocycles. The zero-order chi connectivity index (χ0) is 14.3. The SMILES string of the molecule is Cc1ccc(C(=O)N(N)CCCCCC=O)cc1C. The van der Waals surface area contributed by atoms with E-state index in [1.54, 1.807) is 6.07 Å². The number of hydrogen-bond acceptors (Lipinski definition) is 3. The van der Waals surface area contributed by atoms with Crippen LogP contribution >= 0.6 is 0 Å². The van der Waals surface area contributed by atoms with Gasteiger partial charge < -0.3 is 4.79 Å². The number of aldehydes is 1. The van der Waals surface area contributed by atoms with E-state index in [4.69, 9.17) is 5.84 Å². The predicted molar refractivity (Wildman–Crippen MR) is 75.7 cm³/mol. The van der Waals surface area contributed by atoms with Crippen molar-refractivity contribution >= 4 is 12.2 Å². The Bertz CT molecular complexity index is 444. The molecule has 0 unspecified atom stereocenters. The summed E-state index contributed by atoms with van der Waals surface area (Å²) >= 11 is 0. The summed E-state index contributed by atoms with van der Waals surface area (Å²) in [7, 11) is 0. The highest BCUT2D eigenvalue weighted by Gasteiger charge is 2.12. The molecule has 104 valence electrons. The van der Waals surface area contributed by atoms with Crippen molar-refractivity contribution in [2.24, 2.45) is 5.84 Å². The lowest BCUT2D eigenvalue weighted by Crippen LogP contribution is -2.38. The predicted octanol–water partition coefficient (Wildman–Crippen LogP) is 2.38. The normalized spacial score (nSPS) is 10.3. The van der Waals surface area contributed by atoms with E-state index < -0.39 is 0 Å². The van der Waals surface area contributed by atoms with E-state index >= 15 is 0 Å². The monoisotopic (exact) mass is 262 g/mol. The average molecular weight is 262 g/mol. The van der Waals surface area contributed by atoms with Gasteiger partial charge in [0.15, 0.2) is 0 Å². The highest BCUT2D eigenvalue weighted by Crippen LogP contribution is 2.11. The van der Waals surface area contributed by atoms with Crippen LogP contribution in [0, 0.1) is 13.8 Å². The van der Waals surface area contributed by atoms with Gasteiger partial charge in [-0.3, -0.25) is 9.80 Å². The summed E-state index contributed by atoms with van der Waals surface area (Å²) in [5.41, 5.74) is 2.87. The summed E-state index contributed by atoms with van der Waals surface area (Å²) in [6.07, 6.45) is 4.08. The van der Waals surface area contributed by atoms with Crippen molar-refractivity contribution < 1.29 is 9.59 Å². The molecule has 0 saturated carbocycles. The number of unbranched alkanes of at least 4 members (excludes halogenated alkanes) is 3. The smallest absolute Gasteiger partial charge is 0.267 e. The van der Waals surface area contributed by atoms with Gasteiger partial charge in [0.05, 0.1) is 0 Å². The second kappa shape index (κ2) is 7.69. The largest absolute Gasteiger partial charge is 0.303 e. The fourth-order valence-corrected chi connectivity index (χ4v) is 1.83. The number of hydrazine groups is 1. The first-order chi connectivity index (χ1) is 9.06. The molecule has 19 heavy (non-hydrogen) atoms. The van der Waals surface area contributed by atoms with Crippen LogP contribution < -0.4 is 5.84 Å². The second-order valence-electron chi connectivity index (χ2n) is 4.81. The minimum atomic E-state index is -0.154. The first kappa shape index (κ1) is 15.4. The molecule has 4 nitrogen and oxygen atoms in total. The zero-order valence-electron chi connectivity index (χ0n) is 11.7. The number of nitrogens with two attached hydrogens (primary N) is 1. The maximum absolute atomic E-state index is 12.1. The van der Waals surface area contributed by atoms with Gasteiger partial charge in [-0.05, 0) is 49.9 Å². The van der Waals surface area contributed by atoms with Crippen molar-refractivity contribution in [3.63, 3.8) is 0 Å². The Morgan fingerprint density at radius 3 is 2.58 bits per heavy atom. The van der Waals surface area contributed by atoms with Crippen LogP contribution in [0.25, 0.3) is 0 Å². The topological polar surface area (TPSA) is 63.4 Å². The lowest BCUT2D eigenvalue weighted by atomic mass is 10.1. The van der Waals surface area contributed by atoms with E-state index in [0.717, 1.165) is 36.7 Å². The van der Waals surface area contributed by atoms with Gasteiger partial charge in [-0.2, -0.15) is 0 Å². The summed E-state index contributed by atoms with van der Waals surface area (Å²) in [5.74, 6) is 5.61. The molecule has 1 amide bonds. The number of rotatable bonds is 7. The molecule has 1 aromatic carbocycles. The molecule has 0 atom stereocenters. The van der Waals surface area contributed by atoms with Crippen LogP contribution in [0.3, 0.4) is 0 Å². The van der Waals surface area contributed by atoms with Gasteiger partial charge in [0.25, 0.3) is 5.91 Å². The third-order valence-electron chi connectivity index (χ3n) is 3.24. The van der Waals surface area contributed by atoms with Crippen molar-refractivity contribution in [3.05, 3.63) is 34.9 Å². The van der Waals surface area contributed by atoms with E-state index in [1.165, 1.54) is 5.01 Å². The number of nitrogens with zero attached hydrogens (tertiary/aromatic N) is 1. The van der Waals surface area contributed by atoms with Crippen LogP contribution in [0.15, 0.2) is 18.2 Å². The standard InChI is InChI=1S/C15H22N2O2/c1-12-7-8-14(11-13(12)2)15(19)17(16)9-5-3-4-6-10-18/h7-8,10-11H,3-6,9,16H2,1-2H3. The molecule has 0 aliphatic carbocycles. The molecular weight excluding hydrogens is 240 g/mol. The van der Waals surface area contributed by atoms with Crippen LogP contribution in [0.2, 0.25) is 0 Å². The quantitative estimate of drug-likeness (QED) is 0.270. The molecule has 0 fully saturated rings. The second-order valence-corrected chi connectivity index (χ2v) is 4.81. The fraction of sp³-hybridized carbons (Fsp3) is 0.467. The minimum Gasteiger partial charge on any atom is -0.303 e. The molecule has 0 aliphatic heterocycles. The summed E-state index contributed by atoms with van der Waals surface area (Å²) in [6, 6.07) is 5.60. The van der Waals surface area contributed by atoms with Crippen molar-refractivity contribution in [2.75, 3.05) is 6.54 Å². The third-order valence-corrected chi connectivity index (χ3v) is 3.24. The first-order valence-corrected chi connectivity index (χ1v) is 6.63. The van der Waals surface area contributed by atoms with Crippen LogP contribution in [0.1, 0.15) is 47.2 Å². The Hall–Kier alpha value is -1.68. The van der Waals surface area contributed by atoms with Crippen LogP contribution in [0.5, 0.6) is 0 Å². The molecule has 1 aromatic rings. The lowest BCUT2D eigenvalue weighted by molar-refractivity contribution is -0.107. The maximum atomic E-state index is 12.1. The maximum Gasteiger partial charge on any atom is 0.267 e. The molecule has 0 saturated heterocycles. The van der Waals surface area contributed by atoms with Crippen LogP contribution in [0.4, 0.5) is 0 Å². The molecule has 1 rings (SSSR count). The van der Waals surface area contributed by atoms with E-state index in [1.807, 2.05) is 26.0 Å². The summed E-state index contributed by atoms with van der Waals surface area (Å²) in [5, 5.41) is 1.25. The average Bonchev–Trinajstić information content (AvgIpc) is 2.40. The Kier molecular flexibility index (Phi) is 6.22. The highest BCUT2D eigenvalue weighted by atomic mass is 16.2. The van der Waals surface area contributed by atoms with Crippen molar-refractivity contribution in [3.8, 4) is 0 Å². The molecule has 0 spiro atoms. The molecule has 4 heteroatoms. The van der Waals surface area contributed by atoms with E-state index in [0.29, 0.717) is 18.5 Å². The Morgan fingerprint density at radius 2 is 1.95 bits per heavy atom. The summed E-state index contributed by atoms with van der Waals surface area (Å²) in [6.45, 7) is 4.51. The summed E-state index contributed by atoms with van der Waals surface area (Å²) < 4.78 is 0. The highest BCUT2D eigenvalue weighted by molar-refractivity contribution is 5.94. The first-order valence-electron chi connectivity index (χ1n) is 6.63. The minimum absolute atomic E-state index is 0.154. The van der Waals surface area contributed by atoms with Gasteiger partial charge in [0.1, 0.15) is 6.29 Å². The molecule has 0 bridgehead atoms. The molecule has 0 radical (unpaired) electrons.